The van der Waals surface area contributed by atoms with E-state index in [4.69, 9.17) is 0 Å². The lowest BCUT2D eigenvalue weighted by molar-refractivity contribution is 0.198. The minimum absolute atomic E-state index is 0.241. The fourth-order valence-corrected chi connectivity index (χ4v) is 3.88. The first-order valence-electron chi connectivity index (χ1n) is 9.31. The first-order valence-corrected chi connectivity index (χ1v) is 10.1. The number of guanidine groups is 1. The molecule has 27 heavy (non-hydrogen) atoms. The third-order valence-electron chi connectivity index (χ3n) is 4.78. The van der Waals surface area contributed by atoms with Gasteiger partial charge in [-0.25, -0.2) is 4.39 Å². The van der Waals surface area contributed by atoms with Gasteiger partial charge in [0.25, 0.3) is 0 Å². The number of piperidine rings is 1. The van der Waals surface area contributed by atoms with Crippen LogP contribution in [0.5, 0.6) is 0 Å². The Kier molecular flexibility index (Phi) is 7.24. The van der Waals surface area contributed by atoms with Crippen LogP contribution < -0.4 is 10.6 Å². The predicted octanol–water partition coefficient (Wildman–Crippen LogP) is 3.92. The zero-order valence-corrected chi connectivity index (χ0v) is 17.2. The standard InChI is InChI=1S/C21H26BrFN4/c1-24-21(25-14-17-11-18(22)13-19(23)12-17)26-20-7-9-27(10-8-20)15-16-5-3-2-4-6-16/h2-6,11-13,20H,7-10,14-15H2,1H3,(H2,24,25,26). The van der Waals surface area contributed by atoms with E-state index in [1.165, 1.54) is 17.7 Å². The molecule has 2 N–H and O–H groups in total. The van der Waals surface area contributed by atoms with Gasteiger partial charge in [0.2, 0.25) is 0 Å². The SMILES string of the molecule is CN=C(NCc1cc(F)cc(Br)c1)NC1CCN(Cc2ccccc2)CC1. The van der Waals surface area contributed by atoms with E-state index in [-0.39, 0.29) is 5.82 Å². The monoisotopic (exact) mass is 432 g/mol. The van der Waals surface area contributed by atoms with Gasteiger partial charge in [0.05, 0.1) is 0 Å². The first kappa shape index (κ1) is 19.8. The molecule has 0 unspecified atom stereocenters. The molecule has 1 fully saturated rings. The highest BCUT2D eigenvalue weighted by molar-refractivity contribution is 9.10. The van der Waals surface area contributed by atoms with E-state index >= 15 is 0 Å². The van der Waals surface area contributed by atoms with Crippen molar-refractivity contribution in [3.63, 3.8) is 0 Å². The van der Waals surface area contributed by atoms with E-state index in [0.717, 1.165) is 48.5 Å². The van der Waals surface area contributed by atoms with Gasteiger partial charge in [-0.2, -0.15) is 0 Å². The lowest BCUT2D eigenvalue weighted by Gasteiger charge is -2.33. The van der Waals surface area contributed by atoms with E-state index in [1.54, 1.807) is 7.05 Å². The molecule has 4 nitrogen and oxygen atoms in total. The third-order valence-corrected chi connectivity index (χ3v) is 5.24. The van der Waals surface area contributed by atoms with Crippen LogP contribution in [0.25, 0.3) is 0 Å². The van der Waals surface area contributed by atoms with Gasteiger partial charge >= 0.3 is 0 Å². The number of nitrogens with one attached hydrogen (secondary N) is 2. The van der Waals surface area contributed by atoms with Crippen LogP contribution in [0.1, 0.15) is 24.0 Å². The summed E-state index contributed by atoms with van der Waals surface area (Å²) in [5.74, 6) is 0.520. The molecule has 0 radical (unpaired) electrons. The molecule has 2 aromatic rings. The second-order valence-electron chi connectivity index (χ2n) is 6.88. The summed E-state index contributed by atoms with van der Waals surface area (Å²) in [6, 6.07) is 15.9. The lowest BCUT2D eigenvalue weighted by atomic mass is 10.0. The highest BCUT2D eigenvalue weighted by atomic mass is 79.9. The van der Waals surface area contributed by atoms with Gasteiger partial charge in [-0.3, -0.25) is 9.89 Å². The number of benzene rings is 2. The summed E-state index contributed by atoms with van der Waals surface area (Å²) in [5, 5.41) is 6.77. The van der Waals surface area contributed by atoms with Gasteiger partial charge in [0.1, 0.15) is 5.82 Å². The molecule has 0 bridgehead atoms. The number of hydrogen-bond donors (Lipinski definition) is 2. The summed E-state index contributed by atoms with van der Waals surface area (Å²) in [6.45, 7) is 3.68. The summed E-state index contributed by atoms with van der Waals surface area (Å²) in [6.07, 6.45) is 2.16. The Labute approximate surface area is 169 Å². The highest BCUT2D eigenvalue weighted by Gasteiger charge is 2.20. The van der Waals surface area contributed by atoms with E-state index < -0.39 is 0 Å². The van der Waals surface area contributed by atoms with E-state index in [1.807, 2.05) is 6.07 Å². The molecule has 2 aromatic carbocycles. The molecule has 0 aliphatic carbocycles. The number of rotatable bonds is 5. The molecule has 1 aliphatic heterocycles. The zero-order valence-electron chi connectivity index (χ0n) is 15.6. The van der Waals surface area contributed by atoms with Crippen LogP contribution in [0.4, 0.5) is 4.39 Å². The smallest absolute Gasteiger partial charge is 0.191 e. The molecule has 0 aromatic heterocycles. The van der Waals surface area contributed by atoms with Crippen LogP contribution in [0.3, 0.4) is 0 Å². The number of halogens is 2. The van der Waals surface area contributed by atoms with Crippen molar-refractivity contribution < 1.29 is 4.39 Å². The van der Waals surface area contributed by atoms with Crippen molar-refractivity contribution >= 4 is 21.9 Å². The second kappa shape index (κ2) is 9.85. The number of nitrogens with zero attached hydrogens (tertiary/aromatic N) is 2. The molecule has 6 heteroatoms. The van der Waals surface area contributed by atoms with E-state index in [2.05, 4.69) is 66.8 Å². The van der Waals surface area contributed by atoms with Gasteiger partial charge < -0.3 is 10.6 Å². The highest BCUT2D eigenvalue weighted by Crippen LogP contribution is 2.15. The van der Waals surface area contributed by atoms with Crippen LogP contribution in [0.15, 0.2) is 58.0 Å². The molecular formula is C21H26BrFN4. The summed E-state index contributed by atoms with van der Waals surface area (Å²) < 4.78 is 14.2. The third kappa shape index (κ3) is 6.33. The number of likely N-dealkylation sites (tertiary alicyclic amines) is 1. The number of aliphatic imine (C=N–C) groups is 1. The van der Waals surface area contributed by atoms with E-state index in [9.17, 15) is 4.39 Å². The summed E-state index contributed by atoms with van der Waals surface area (Å²) in [7, 11) is 1.77. The van der Waals surface area contributed by atoms with Crippen molar-refractivity contribution in [3.8, 4) is 0 Å². The molecular weight excluding hydrogens is 407 g/mol. The minimum Gasteiger partial charge on any atom is -0.354 e. The van der Waals surface area contributed by atoms with Crippen molar-refractivity contribution in [2.24, 2.45) is 4.99 Å². The first-order chi connectivity index (χ1) is 13.1. The van der Waals surface area contributed by atoms with Gasteiger partial charge in [-0.05, 0) is 42.2 Å². The maximum Gasteiger partial charge on any atom is 0.191 e. The van der Waals surface area contributed by atoms with Crippen molar-refractivity contribution in [2.75, 3.05) is 20.1 Å². The van der Waals surface area contributed by atoms with Crippen molar-refractivity contribution in [1.82, 2.24) is 15.5 Å². The van der Waals surface area contributed by atoms with Gasteiger partial charge in [0.15, 0.2) is 5.96 Å². The molecule has 1 heterocycles. The Hall–Kier alpha value is -1.92. The molecule has 0 amide bonds. The second-order valence-corrected chi connectivity index (χ2v) is 7.80. The number of hydrogen-bond acceptors (Lipinski definition) is 2. The zero-order chi connectivity index (χ0) is 19.1. The summed E-state index contributed by atoms with van der Waals surface area (Å²) in [4.78, 5) is 6.80. The van der Waals surface area contributed by atoms with Crippen molar-refractivity contribution in [1.29, 1.82) is 0 Å². The Morgan fingerprint density at radius 2 is 1.89 bits per heavy atom. The fraction of sp³-hybridized carbons (Fsp3) is 0.381. The minimum atomic E-state index is -0.241. The molecule has 0 spiro atoms. The van der Waals surface area contributed by atoms with Gasteiger partial charge in [0, 0.05) is 43.7 Å². The molecule has 0 atom stereocenters. The largest absolute Gasteiger partial charge is 0.354 e. The lowest BCUT2D eigenvalue weighted by Crippen LogP contribution is -2.48. The van der Waals surface area contributed by atoms with Crippen molar-refractivity contribution in [2.45, 2.75) is 32.0 Å². The maximum absolute atomic E-state index is 13.5. The molecule has 144 valence electrons. The Bertz CT molecular complexity index is 738. The van der Waals surface area contributed by atoms with Crippen LogP contribution in [-0.4, -0.2) is 37.0 Å². The Morgan fingerprint density at radius 1 is 1.15 bits per heavy atom. The molecule has 3 rings (SSSR count). The van der Waals surface area contributed by atoms with Crippen LogP contribution in [0.2, 0.25) is 0 Å². The average molecular weight is 433 g/mol. The molecule has 1 aliphatic rings. The normalized spacial score (nSPS) is 16.3. The predicted molar refractivity (Wildman–Crippen MR) is 112 cm³/mol. The van der Waals surface area contributed by atoms with Gasteiger partial charge in [-0.1, -0.05) is 46.3 Å². The maximum atomic E-state index is 13.5. The topological polar surface area (TPSA) is 39.7 Å². The van der Waals surface area contributed by atoms with Crippen molar-refractivity contribution in [3.05, 3.63) is 69.9 Å². The van der Waals surface area contributed by atoms with E-state index in [0.29, 0.717) is 12.6 Å². The van der Waals surface area contributed by atoms with Crippen LogP contribution in [0, 0.1) is 5.82 Å². The summed E-state index contributed by atoms with van der Waals surface area (Å²) >= 11 is 3.33. The Morgan fingerprint density at radius 3 is 2.56 bits per heavy atom. The summed E-state index contributed by atoms with van der Waals surface area (Å²) in [5.41, 5.74) is 2.24. The molecule has 1 saturated heterocycles. The quantitative estimate of drug-likeness (QED) is 0.555. The van der Waals surface area contributed by atoms with Crippen LogP contribution >= 0.6 is 15.9 Å². The Balaban J connectivity index is 1.44. The van der Waals surface area contributed by atoms with Crippen LogP contribution in [-0.2, 0) is 13.1 Å². The van der Waals surface area contributed by atoms with Gasteiger partial charge in [-0.15, -0.1) is 0 Å². The fourth-order valence-electron chi connectivity index (χ4n) is 3.36. The molecule has 0 saturated carbocycles. The average Bonchev–Trinajstić information content (AvgIpc) is 2.66.